The topological polar surface area (TPSA) is 84.3 Å². The molecule has 0 bridgehead atoms. The zero-order chi connectivity index (χ0) is 14.8. The zero-order valence-corrected chi connectivity index (χ0v) is 11.7. The number of barbiturate groups is 1. The van der Waals surface area contributed by atoms with Crippen molar-refractivity contribution in [2.75, 3.05) is 6.54 Å². The van der Waals surface area contributed by atoms with Gasteiger partial charge in [0.25, 0.3) is 0 Å². The van der Waals surface area contributed by atoms with Gasteiger partial charge in [-0.3, -0.25) is 19.8 Å². The summed E-state index contributed by atoms with van der Waals surface area (Å²) in [5.41, 5.74) is 0. The van der Waals surface area contributed by atoms with Gasteiger partial charge in [-0.2, -0.15) is 0 Å². The Morgan fingerprint density at radius 2 is 1.95 bits per heavy atom. The maximum Gasteiger partial charge on any atom is 0.330 e. The molecule has 0 radical (unpaired) electrons. The Morgan fingerprint density at radius 1 is 1.19 bits per heavy atom. The molecule has 1 saturated heterocycles. The van der Waals surface area contributed by atoms with E-state index in [9.17, 15) is 14.4 Å². The Labute approximate surface area is 122 Å². The monoisotopic (exact) mass is 290 g/mol. The summed E-state index contributed by atoms with van der Waals surface area (Å²) in [7, 11) is 0. The molecule has 0 spiro atoms. The van der Waals surface area contributed by atoms with Crippen molar-refractivity contribution in [1.29, 1.82) is 0 Å². The van der Waals surface area contributed by atoms with Crippen LogP contribution in [0.3, 0.4) is 0 Å². The van der Waals surface area contributed by atoms with Gasteiger partial charge < -0.3 is 4.57 Å². The minimum atomic E-state index is -0.701. The molecule has 1 N–H and O–H groups in total. The number of aromatic nitrogens is 2. The second kappa shape index (κ2) is 5.67. The average molecular weight is 290 g/mol. The summed E-state index contributed by atoms with van der Waals surface area (Å²) in [6, 6.07) is -0.612. The molecule has 1 aliphatic carbocycles. The molecule has 2 aliphatic rings. The van der Waals surface area contributed by atoms with Gasteiger partial charge in [0.2, 0.25) is 11.8 Å². The van der Waals surface area contributed by atoms with Crippen molar-refractivity contribution < 1.29 is 14.4 Å². The number of urea groups is 1. The van der Waals surface area contributed by atoms with Gasteiger partial charge in [0.05, 0.1) is 6.33 Å². The van der Waals surface area contributed by atoms with E-state index in [-0.39, 0.29) is 18.4 Å². The number of nitrogens with zero attached hydrogens (tertiary/aromatic N) is 3. The zero-order valence-electron chi connectivity index (χ0n) is 11.7. The van der Waals surface area contributed by atoms with E-state index in [0.717, 1.165) is 30.6 Å². The quantitative estimate of drug-likeness (QED) is 0.830. The van der Waals surface area contributed by atoms with Crippen LogP contribution in [0.2, 0.25) is 0 Å². The molecule has 1 unspecified atom stereocenters. The average Bonchev–Trinajstić information content (AvgIpc) is 3.10. The van der Waals surface area contributed by atoms with E-state index < -0.39 is 17.9 Å². The molecule has 1 aromatic rings. The van der Waals surface area contributed by atoms with Crippen LogP contribution in [0.15, 0.2) is 18.7 Å². The number of amides is 4. The van der Waals surface area contributed by atoms with E-state index in [1.54, 1.807) is 23.3 Å². The van der Waals surface area contributed by atoms with E-state index in [2.05, 4.69) is 10.3 Å². The van der Waals surface area contributed by atoms with Gasteiger partial charge in [0.15, 0.2) is 0 Å². The van der Waals surface area contributed by atoms with Crippen molar-refractivity contribution in [3.8, 4) is 0 Å². The van der Waals surface area contributed by atoms with Gasteiger partial charge >= 0.3 is 6.03 Å². The lowest BCUT2D eigenvalue weighted by Crippen LogP contribution is -2.59. The minimum Gasteiger partial charge on any atom is -0.336 e. The van der Waals surface area contributed by atoms with Crippen LogP contribution < -0.4 is 5.32 Å². The van der Waals surface area contributed by atoms with Crippen LogP contribution in [0.1, 0.15) is 25.7 Å². The molecule has 7 nitrogen and oxygen atoms in total. The Bertz CT molecular complexity index is 549. The van der Waals surface area contributed by atoms with E-state index in [1.807, 2.05) is 0 Å². The number of nitrogens with one attached hydrogen (secondary N) is 1. The van der Waals surface area contributed by atoms with Gasteiger partial charge in [-0.25, -0.2) is 9.78 Å². The molecule has 4 amide bonds. The van der Waals surface area contributed by atoms with Gasteiger partial charge in [0.1, 0.15) is 5.92 Å². The van der Waals surface area contributed by atoms with Crippen LogP contribution in [0.4, 0.5) is 4.79 Å². The summed E-state index contributed by atoms with van der Waals surface area (Å²) in [6.07, 6.45) is 8.90. The number of hydrogen-bond donors (Lipinski definition) is 1. The number of rotatable bonds is 4. The van der Waals surface area contributed by atoms with Gasteiger partial charge in [-0.05, 0) is 18.8 Å². The molecular formula is C14H18N4O3. The van der Waals surface area contributed by atoms with Crippen molar-refractivity contribution in [2.24, 2.45) is 11.8 Å². The number of carbonyl (C=O) groups excluding carboxylic acids is 3. The molecular weight excluding hydrogens is 272 g/mol. The highest BCUT2D eigenvalue weighted by Crippen LogP contribution is 2.33. The summed E-state index contributed by atoms with van der Waals surface area (Å²) in [5, 5.41) is 2.32. The molecule has 21 heavy (non-hydrogen) atoms. The predicted molar refractivity (Wildman–Crippen MR) is 72.9 cm³/mol. The van der Waals surface area contributed by atoms with Crippen LogP contribution in [0.5, 0.6) is 0 Å². The van der Waals surface area contributed by atoms with Crippen LogP contribution in [-0.2, 0) is 16.1 Å². The molecule has 1 aromatic heterocycles. The second-order valence-corrected chi connectivity index (χ2v) is 5.61. The smallest absolute Gasteiger partial charge is 0.330 e. The van der Waals surface area contributed by atoms with Crippen LogP contribution in [0, 0.1) is 11.8 Å². The fourth-order valence-electron chi connectivity index (χ4n) is 3.18. The molecule has 3 rings (SSSR count). The summed E-state index contributed by atoms with van der Waals surface area (Å²) in [4.78, 5) is 41.5. The lowest BCUT2D eigenvalue weighted by Gasteiger charge is -2.32. The van der Waals surface area contributed by atoms with Crippen LogP contribution in [0.25, 0.3) is 0 Å². The number of imide groups is 2. The molecule has 1 atom stereocenters. The van der Waals surface area contributed by atoms with E-state index in [4.69, 9.17) is 0 Å². The molecule has 2 fully saturated rings. The standard InChI is InChI=1S/C14H18N4O3/c19-12-11(10-3-1-2-4-10)13(20)18(14(21)16-12)8-7-17-6-5-15-9-17/h5-6,9-11H,1-4,7-8H2,(H,16,19,21). The second-order valence-electron chi connectivity index (χ2n) is 5.61. The van der Waals surface area contributed by atoms with Gasteiger partial charge in [-0.15, -0.1) is 0 Å². The first kappa shape index (κ1) is 13.8. The van der Waals surface area contributed by atoms with E-state index in [1.165, 1.54) is 0 Å². The number of hydrogen-bond acceptors (Lipinski definition) is 4. The SMILES string of the molecule is O=C1NC(=O)N(CCn2ccnc2)C(=O)C1C1CCCC1. The maximum atomic E-state index is 12.5. The minimum absolute atomic E-state index is 0.0707. The first-order chi connectivity index (χ1) is 10.2. The molecule has 7 heteroatoms. The molecule has 1 aliphatic heterocycles. The van der Waals surface area contributed by atoms with Crippen molar-refractivity contribution >= 4 is 17.8 Å². The highest BCUT2D eigenvalue weighted by Gasteiger charge is 2.44. The maximum absolute atomic E-state index is 12.5. The Morgan fingerprint density at radius 3 is 2.62 bits per heavy atom. The van der Waals surface area contributed by atoms with E-state index in [0.29, 0.717) is 6.54 Å². The summed E-state index contributed by atoms with van der Waals surface area (Å²) >= 11 is 0. The van der Waals surface area contributed by atoms with Crippen LogP contribution >= 0.6 is 0 Å². The van der Waals surface area contributed by atoms with Crippen molar-refractivity contribution in [3.05, 3.63) is 18.7 Å². The Balaban J connectivity index is 1.71. The Hall–Kier alpha value is -2.18. The summed E-state index contributed by atoms with van der Waals surface area (Å²) in [5.74, 6) is -1.42. The molecule has 2 heterocycles. The van der Waals surface area contributed by atoms with Crippen molar-refractivity contribution in [2.45, 2.75) is 32.2 Å². The first-order valence-corrected chi connectivity index (χ1v) is 7.29. The lowest BCUT2D eigenvalue weighted by molar-refractivity contribution is -0.145. The highest BCUT2D eigenvalue weighted by atomic mass is 16.2. The fraction of sp³-hybridized carbons (Fsp3) is 0.571. The largest absolute Gasteiger partial charge is 0.336 e. The van der Waals surface area contributed by atoms with Gasteiger partial charge in [-0.1, -0.05) is 12.8 Å². The molecule has 1 saturated carbocycles. The first-order valence-electron chi connectivity index (χ1n) is 7.29. The third-order valence-corrected chi connectivity index (χ3v) is 4.30. The van der Waals surface area contributed by atoms with Crippen LogP contribution in [-0.4, -0.2) is 38.8 Å². The third-order valence-electron chi connectivity index (χ3n) is 4.30. The molecule has 112 valence electrons. The summed E-state index contributed by atoms with van der Waals surface area (Å²) < 4.78 is 1.79. The van der Waals surface area contributed by atoms with Crippen molar-refractivity contribution in [3.63, 3.8) is 0 Å². The fourth-order valence-corrected chi connectivity index (χ4v) is 3.18. The van der Waals surface area contributed by atoms with Crippen molar-refractivity contribution in [1.82, 2.24) is 19.8 Å². The predicted octanol–water partition coefficient (Wildman–Crippen LogP) is 0.768. The third kappa shape index (κ3) is 2.68. The van der Waals surface area contributed by atoms with Gasteiger partial charge in [0, 0.05) is 25.5 Å². The number of carbonyl (C=O) groups is 3. The normalized spacial score (nSPS) is 23.7. The summed E-state index contributed by atoms with van der Waals surface area (Å²) in [6.45, 7) is 0.724. The van der Waals surface area contributed by atoms with E-state index >= 15 is 0 Å². The Kier molecular flexibility index (Phi) is 3.72. The number of imidazole rings is 1. The highest BCUT2D eigenvalue weighted by molar-refractivity contribution is 6.16. The molecule has 0 aromatic carbocycles. The lowest BCUT2D eigenvalue weighted by atomic mass is 9.87.